The molecule has 1 aromatic carbocycles. The summed E-state index contributed by atoms with van der Waals surface area (Å²) < 4.78 is 63.2. The Kier molecular flexibility index (Phi) is 4.18. The first-order chi connectivity index (χ1) is 10.2. The fourth-order valence-electron chi connectivity index (χ4n) is 1.54. The lowest BCUT2D eigenvalue weighted by Crippen LogP contribution is -2.28. The van der Waals surface area contributed by atoms with Crippen LogP contribution in [0.5, 0.6) is 5.75 Å². The topological polar surface area (TPSA) is 73.3 Å². The summed E-state index contributed by atoms with van der Waals surface area (Å²) in [7, 11) is -5.87. The van der Waals surface area contributed by atoms with Crippen LogP contribution in [-0.2, 0) is 10.1 Å². The van der Waals surface area contributed by atoms with E-state index in [1.165, 1.54) is 12.1 Å². The number of carbonyl (C=O) groups excluding carboxylic acids is 1. The molecule has 0 atom stereocenters. The minimum absolute atomic E-state index is 0.157. The van der Waals surface area contributed by atoms with Gasteiger partial charge in [0.2, 0.25) is 0 Å². The number of ketones is 1. The largest absolute Gasteiger partial charge is 0.534 e. The first-order valence-electron chi connectivity index (χ1n) is 5.77. The smallest absolute Gasteiger partial charge is 0.375 e. The van der Waals surface area contributed by atoms with Gasteiger partial charge >= 0.3 is 15.6 Å². The maximum absolute atomic E-state index is 12.4. The van der Waals surface area contributed by atoms with Crippen molar-refractivity contribution in [2.75, 3.05) is 0 Å². The van der Waals surface area contributed by atoms with Gasteiger partial charge in [0, 0.05) is 24.0 Å². The minimum atomic E-state index is -5.87. The average Bonchev–Trinajstić information content (AvgIpc) is 2.46. The van der Waals surface area contributed by atoms with Crippen LogP contribution in [0.25, 0.3) is 0 Å². The van der Waals surface area contributed by atoms with Crippen molar-refractivity contribution in [3.05, 3.63) is 59.9 Å². The van der Waals surface area contributed by atoms with Crippen LogP contribution in [0, 0.1) is 0 Å². The molecule has 0 saturated heterocycles. The number of hydrogen-bond acceptors (Lipinski definition) is 5. The number of halogens is 3. The van der Waals surface area contributed by atoms with E-state index in [2.05, 4.69) is 9.17 Å². The molecule has 0 fully saturated rings. The summed E-state index contributed by atoms with van der Waals surface area (Å²) in [5.41, 5.74) is -5.82. The Labute approximate surface area is 123 Å². The fraction of sp³-hybridized carbons (Fsp3) is 0.0769. The number of benzene rings is 1. The molecule has 0 aliphatic heterocycles. The van der Waals surface area contributed by atoms with Crippen LogP contribution in [0.15, 0.2) is 48.8 Å². The average molecular weight is 331 g/mol. The molecule has 0 bridgehead atoms. The van der Waals surface area contributed by atoms with Crippen molar-refractivity contribution in [3.8, 4) is 5.75 Å². The van der Waals surface area contributed by atoms with E-state index in [0.717, 1.165) is 18.5 Å². The molecule has 5 nitrogen and oxygen atoms in total. The van der Waals surface area contributed by atoms with Gasteiger partial charge in [-0.2, -0.15) is 21.6 Å². The van der Waals surface area contributed by atoms with Gasteiger partial charge in [-0.3, -0.25) is 9.78 Å². The third-order valence-corrected chi connectivity index (χ3v) is 3.51. The molecule has 0 N–H and O–H groups in total. The Bertz CT molecular complexity index is 788. The highest BCUT2D eigenvalue weighted by Crippen LogP contribution is 2.29. The molecule has 2 rings (SSSR count). The van der Waals surface area contributed by atoms with Crippen LogP contribution in [0.3, 0.4) is 0 Å². The van der Waals surface area contributed by atoms with Gasteiger partial charge in [-0.05, 0) is 0 Å². The maximum Gasteiger partial charge on any atom is 0.534 e. The molecular formula is C13H8F3NO4S. The van der Waals surface area contributed by atoms with Crippen molar-refractivity contribution in [3.63, 3.8) is 0 Å². The molecule has 1 heterocycles. The SMILES string of the molecule is O=C(c1ccccc1)c1cnccc1OS(=O)(=O)C(F)(F)F. The Morgan fingerprint density at radius 3 is 2.32 bits per heavy atom. The molecule has 0 saturated carbocycles. The van der Waals surface area contributed by atoms with Crippen molar-refractivity contribution in [2.24, 2.45) is 0 Å². The van der Waals surface area contributed by atoms with Crippen LogP contribution in [-0.4, -0.2) is 24.7 Å². The first kappa shape index (κ1) is 16.0. The van der Waals surface area contributed by atoms with Gasteiger partial charge in [0.1, 0.15) is 0 Å². The maximum atomic E-state index is 12.4. The summed E-state index contributed by atoms with van der Waals surface area (Å²) in [4.78, 5) is 15.8. The molecule has 0 amide bonds. The number of carbonyl (C=O) groups is 1. The van der Waals surface area contributed by atoms with Crippen LogP contribution >= 0.6 is 0 Å². The predicted molar refractivity (Wildman–Crippen MR) is 69.7 cm³/mol. The Morgan fingerprint density at radius 1 is 1.09 bits per heavy atom. The third-order valence-electron chi connectivity index (χ3n) is 2.54. The highest BCUT2D eigenvalue weighted by atomic mass is 32.2. The number of nitrogens with zero attached hydrogens (tertiary/aromatic N) is 1. The predicted octanol–water partition coefficient (Wildman–Crippen LogP) is 2.54. The van der Waals surface area contributed by atoms with Crippen molar-refractivity contribution in [1.82, 2.24) is 4.98 Å². The second-order valence-electron chi connectivity index (χ2n) is 4.05. The highest BCUT2D eigenvalue weighted by Gasteiger charge is 2.49. The second-order valence-corrected chi connectivity index (χ2v) is 5.59. The molecule has 116 valence electrons. The standard InChI is InChI=1S/C13H8F3NO4S/c14-13(15,16)22(19,20)21-11-6-7-17-8-10(11)12(18)9-4-2-1-3-5-9/h1-8H. The van der Waals surface area contributed by atoms with Gasteiger partial charge in [-0.1, -0.05) is 30.3 Å². The van der Waals surface area contributed by atoms with Crippen LogP contribution < -0.4 is 4.18 Å². The second kappa shape index (κ2) is 5.76. The zero-order valence-electron chi connectivity index (χ0n) is 10.7. The lowest BCUT2D eigenvalue weighted by molar-refractivity contribution is -0.0500. The van der Waals surface area contributed by atoms with E-state index in [0.29, 0.717) is 0 Å². The Morgan fingerprint density at radius 2 is 1.73 bits per heavy atom. The number of aromatic nitrogens is 1. The van der Waals surface area contributed by atoms with Crippen molar-refractivity contribution in [2.45, 2.75) is 5.51 Å². The molecule has 0 spiro atoms. The normalized spacial score (nSPS) is 12.0. The summed E-state index contributed by atoms with van der Waals surface area (Å²) in [5, 5.41) is 0. The van der Waals surface area contributed by atoms with Gasteiger partial charge in [-0.15, -0.1) is 0 Å². The highest BCUT2D eigenvalue weighted by molar-refractivity contribution is 7.88. The summed E-state index contributed by atoms with van der Waals surface area (Å²) >= 11 is 0. The van der Waals surface area contributed by atoms with E-state index in [1.54, 1.807) is 18.2 Å². The van der Waals surface area contributed by atoms with Crippen LogP contribution in [0.2, 0.25) is 0 Å². The van der Waals surface area contributed by atoms with E-state index in [9.17, 15) is 26.4 Å². The lowest BCUT2D eigenvalue weighted by atomic mass is 10.0. The molecule has 9 heteroatoms. The zero-order valence-corrected chi connectivity index (χ0v) is 11.6. The number of rotatable bonds is 4. The molecule has 0 unspecified atom stereocenters. The Hall–Kier alpha value is -2.42. The monoisotopic (exact) mass is 331 g/mol. The fourth-order valence-corrected chi connectivity index (χ4v) is 2.01. The van der Waals surface area contributed by atoms with Gasteiger partial charge in [0.25, 0.3) is 0 Å². The molecule has 0 aliphatic rings. The number of alkyl halides is 3. The molecule has 22 heavy (non-hydrogen) atoms. The molecular weight excluding hydrogens is 323 g/mol. The number of hydrogen-bond donors (Lipinski definition) is 0. The van der Waals surface area contributed by atoms with E-state index in [4.69, 9.17) is 0 Å². The quantitative estimate of drug-likeness (QED) is 0.489. The summed E-state index contributed by atoms with van der Waals surface area (Å²) in [6, 6.07) is 8.48. The van der Waals surface area contributed by atoms with Crippen molar-refractivity contribution >= 4 is 15.9 Å². The van der Waals surface area contributed by atoms with E-state index in [1.807, 2.05) is 0 Å². The van der Waals surface area contributed by atoms with E-state index < -0.39 is 27.2 Å². The van der Waals surface area contributed by atoms with E-state index in [-0.39, 0.29) is 11.1 Å². The van der Waals surface area contributed by atoms with Gasteiger partial charge in [0.15, 0.2) is 11.5 Å². The third kappa shape index (κ3) is 3.25. The van der Waals surface area contributed by atoms with Gasteiger partial charge in [0.05, 0.1) is 5.56 Å². The summed E-state index contributed by atoms with van der Waals surface area (Å²) in [5.74, 6) is -1.44. The lowest BCUT2D eigenvalue weighted by Gasteiger charge is -2.12. The molecule has 2 aromatic rings. The van der Waals surface area contributed by atoms with Crippen LogP contribution in [0.4, 0.5) is 13.2 Å². The molecule has 1 aromatic heterocycles. The summed E-state index contributed by atoms with van der Waals surface area (Å²) in [6.07, 6.45) is 1.96. The van der Waals surface area contributed by atoms with Crippen molar-refractivity contribution in [1.29, 1.82) is 0 Å². The number of pyridine rings is 1. The first-order valence-corrected chi connectivity index (χ1v) is 7.18. The van der Waals surface area contributed by atoms with Gasteiger partial charge in [-0.25, -0.2) is 0 Å². The van der Waals surface area contributed by atoms with Crippen molar-refractivity contribution < 1.29 is 30.6 Å². The molecule has 0 aliphatic carbocycles. The Balaban J connectivity index is 2.43. The minimum Gasteiger partial charge on any atom is -0.375 e. The summed E-state index contributed by atoms with van der Waals surface area (Å²) in [6.45, 7) is 0. The van der Waals surface area contributed by atoms with Crippen LogP contribution in [0.1, 0.15) is 15.9 Å². The zero-order chi connectivity index (χ0) is 16.4. The van der Waals surface area contributed by atoms with Gasteiger partial charge < -0.3 is 4.18 Å². The van der Waals surface area contributed by atoms with E-state index >= 15 is 0 Å². The molecule has 0 radical (unpaired) electrons.